The zero-order valence-electron chi connectivity index (χ0n) is 31.8. The van der Waals surface area contributed by atoms with Crippen molar-refractivity contribution in [1.82, 2.24) is 19.9 Å². The molecule has 1 aliphatic rings. The highest BCUT2D eigenvalue weighted by Crippen LogP contribution is 2.36. The van der Waals surface area contributed by atoms with Crippen LogP contribution in [0.5, 0.6) is 5.75 Å². The van der Waals surface area contributed by atoms with E-state index in [2.05, 4.69) is 15.6 Å². The molecule has 0 radical (unpaired) electrons. The Morgan fingerprint density at radius 1 is 0.931 bits per heavy atom. The van der Waals surface area contributed by atoms with Crippen molar-refractivity contribution in [3.05, 3.63) is 98.7 Å². The van der Waals surface area contributed by atoms with Gasteiger partial charge < -0.3 is 21.1 Å². The molecule has 3 aromatic carbocycles. The molecule has 22 heteroatoms. The molecule has 7 N–H and O–H groups in total. The van der Waals surface area contributed by atoms with Crippen LogP contribution >= 0.6 is 23.2 Å². The van der Waals surface area contributed by atoms with E-state index in [0.29, 0.717) is 66.3 Å². The summed E-state index contributed by atoms with van der Waals surface area (Å²) in [5.74, 6) is -0.297. The van der Waals surface area contributed by atoms with Gasteiger partial charge in [0.25, 0.3) is 26.1 Å². The molecule has 1 fully saturated rings. The number of nitrogen functional groups attached to an aromatic ring is 1. The number of rotatable bonds is 12. The largest absolute Gasteiger partial charge is 0.487 e. The maximum absolute atomic E-state index is 13.9. The summed E-state index contributed by atoms with van der Waals surface area (Å²) < 4.78 is 86.8. The number of pyridine rings is 1. The Morgan fingerprint density at radius 3 is 2.12 bits per heavy atom. The van der Waals surface area contributed by atoms with E-state index in [4.69, 9.17) is 48.2 Å². The summed E-state index contributed by atoms with van der Waals surface area (Å²) >= 11 is 13.2. The van der Waals surface area contributed by atoms with Gasteiger partial charge in [-0.25, -0.2) is 13.4 Å². The highest BCUT2D eigenvalue weighted by atomic mass is 35.5. The second-order valence-corrected chi connectivity index (χ2v) is 18.6. The fourth-order valence-electron chi connectivity index (χ4n) is 5.67. The number of carbonyl (C=O) groups excluding carboxylic acids is 2. The number of nitrogens with two attached hydrogens (primary N) is 1. The number of carbonyl (C=O) groups is 2. The number of sulfonamides is 1. The van der Waals surface area contributed by atoms with Crippen LogP contribution in [0.3, 0.4) is 0 Å². The van der Waals surface area contributed by atoms with Gasteiger partial charge in [-0.2, -0.15) is 21.1 Å². The minimum atomic E-state index is -4.18. The Morgan fingerprint density at radius 2 is 1.52 bits per heavy atom. The summed E-state index contributed by atoms with van der Waals surface area (Å²) in [6.07, 6.45) is 2.72. The minimum absolute atomic E-state index is 0.0687. The van der Waals surface area contributed by atoms with E-state index in [0.717, 1.165) is 16.6 Å². The Bertz CT molecular complexity index is 2440. The van der Waals surface area contributed by atoms with E-state index < -0.39 is 42.2 Å². The zero-order valence-corrected chi connectivity index (χ0v) is 35.8. The van der Waals surface area contributed by atoms with Crippen LogP contribution in [-0.2, 0) is 41.7 Å². The van der Waals surface area contributed by atoms with E-state index in [-0.39, 0.29) is 46.4 Å². The Hall–Kier alpha value is -4.41. The van der Waals surface area contributed by atoms with Crippen molar-refractivity contribution in [3.63, 3.8) is 0 Å². The number of ether oxygens (including phenoxy) is 1. The summed E-state index contributed by atoms with van der Waals surface area (Å²) in [6, 6.07) is 15.8. The molecule has 1 aliphatic heterocycles. The van der Waals surface area contributed by atoms with Crippen molar-refractivity contribution in [2.75, 3.05) is 32.1 Å². The summed E-state index contributed by atoms with van der Waals surface area (Å²) in [5.41, 5.74) is 9.26. The van der Waals surface area contributed by atoms with Gasteiger partial charge in [0.05, 0.1) is 17.5 Å². The normalized spacial score (nSPS) is 14.4. The Kier molecular flexibility index (Phi) is 17.0. The fourth-order valence-corrected chi connectivity index (χ4v) is 8.19. The number of hydrogen-bond donors (Lipinski definition) is 6. The molecule has 0 bridgehead atoms. The molecular weight excluding hydrogens is 860 g/mol. The summed E-state index contributed by atoms with van der Waals surface area (Å²) in [6.45, 7) is 4.48. The molecule has 17 nitrogen and oxygen atoms in total. The number of aromatic nitrogens is 1. The predicted molar refractivity (Wildman–Crippen MR) is 221 cm³/mol. The lowest BCUT2D eigenvalue weighted by atomic mass is 10.1. The first kappa shape index (κ1) is 48.0. The number of benzene rings is 3. The van der Waals surface area contributed by atoms with Crippen molar-refractivity contribution in [2.24, 2.45) is 5.73 Å². The molecule has 316 valence electrons. The van der Waals surface area contributed by atoms with Crippen LogP contribution in [0.15, 0.2) is 65.6 Å². The van der Waals surface area contributed by atoms with Crippen molar-refractivity contribution in [2.45, 2.75) is 50.7 Å². The lowest BCUT2D eigenvalue weighted by Crippen LogP contribution is -2.46. The van der Waals surface area contributed by atoms with Gasteiger partial charge >= 0.3 is 0 Å². The Balaban J connectivity index is 0.000000803. The number of amides is 2. The maximum Gasteiger partial charge on any atom is 0.261 e. The summed E-state index contributed by atoms with van der Waals surface area (Å²) in [5, 5.41) is 14.1. The third-order valence-corrected chi connectivity index (χ3v) is 11.0. The average molecular weight is 904 g/mol. The molecule has 5 rings (SSSR count). The molecule has 0 aliphatic carbocycles. The van der Waals surface area contributed by atoms with Crippen LogP contribution in [0, 0.1) is 19.3 Å². The van der Waals surface area contributed by atoms with Gasteiger partial charge in [-0.05, 0) is 75.1 Å². The summed E-state index contributed by atoms with van der Waals surface area (Å²) in [7, 11) is -11.5. The summed E-state index contributed by atoms with van der Waals surface area (Å²) in [4.78, 5) is 30.0. The number of nitrogens with zero attached hydrogens (tertiary/aromatic N) is 2. The first-order valence-corrected chi connectivity index (χ1v) is 23.1. The molecule has 2 heterocycles. The van der Waals surface area contributed by atoms with Gasteiger partial charge in [0.1, 0.15) is 34.6 Å². The van der Waals surface area contributed by atoms with Gasteiger partial charge in [0, 0.05) is 52.4 Å². The first-order valence-electron chi connectivity index (χ1n) is 17.2. The number of para-hydroxylation sites is 1. The third kappa shape index (κ3) is 14.5. The quantitative estimate of drug-likeness (QED) is 0.0506. The lowest BCUT2D eigenvalue weighted by molar-refractivity contribution is -0.124. The van der Waals surface area contributed by atoms with Crippen molar-refractivity contribution in [3.8, 4) is 5.75 Å². The van der Waals surface area contributed by atoms with Crippen LogP contribution < -0.4 is 21.1 Å². The lowest BCUT2D eigenvalue weighted by Gasteiger charge is -2.24. The number of halogens is 2. The van der Waals surface area contributed by atoms with Crippen LogP contribution in [0.2, 0.25) is 10.0 Å². The van der Waals surface area contributed by atoms with Gasteiger partial charge in [-0.1, -0.05) is 47.5 Å². The molecule has 0 unspecified atom stereocenters. The monoisotopic (exact) mass is 902 g/mol. The maximum atomic E-state index is 13.9. The second kappa shape index (κ2) is 20.5. The number of nitrogens with one attached hydrogen (secondary N) is 3. The standard InChI is InChI=1S/C34H36Cl2N6O5S.2CH4O3S/c1-20-18-21(2)41-31-24(20)6-3-8-28(31)47-19-25-26(35)13-14-29(30(25)36)48(45,46)42-17-4-7-27(42)34(44)40-16-5-15-39-33(43)23-11-9-22(10-12-23)32(37)38;2*1-5(2,3)4/h3,6,8-14,18,27H,4-5,7,15-17,19H2,1-2H3,(H3,37,38)(H,39,43)(H,40,44);2*1H3,(H,2,3,4)/t27-;;/m0../s1. The van der Waals surface area contributed by atoms with E-state index in [1.807, 2.05) is 32.0 Å². The van der Waals surface area contributed by atoms with Gasteiger partial charge in [0.15, 0.2) is 0 Å². The van der Waals surface area contributed by atoms with Crippen LogP contribution in [0.25, 0.3) is 10.9 Å². The molecule has 0 saturated carbocycles. The van der Waals surface area contributed by atoms with Crippen LogP contribution in [0.1, 0.15) is 52.0 Å². The number of hydrogen-bond acceptors (Lipinski definition) is 11. The van der Waals surface area contributed by atoms with Crippen molar-refractivity contribution < 1.29 is 48.7 Å². The number of fused-ring (bicyclic) bond motifs is 1. The van der Waals surface area contributed by atoms with Crippen molar-refractivity contribution in [1.29, 1.82) is 5.41 Å². The molecule has 2 amide bonds. The van der Waals surface area contributed by atoms with Crippen LogP contribution in [0.4, 0.5) is 0 Å². The average Bonchev–Trinajstić information content (AvgIpc) is 3.61. The molecular formula is C36H44Cl2N6O11S3. The van der Waals surface area contributed by atoms with Gasteiger partial charge in [0.2, 0.25) is 15.9 Å². The zero-order chi connectivity index (χ0) is 43.6. The molecule has 1 atom stereocenters. The molecule has 0 spiro atoms. The molecule has 1 saturated heterocycles. The molecule has 4 aromatic rings. The first-order chi connectivity index (χ1) is 26.9. The van der Waals surface area contributed by atoms with E-state index in [1.54, 1.807) is 30.3 Å². The SMILES string of the molecule is CS(=O)(=O)O.CS(=O)(=O)O.Cc1cc(C)c2cccc(OCc3c(Cl)ccc(S(=O)(=O)N4CCC[C@H]4C(=O)NCCCNC(=O)c4ccc(C(=N)N)cc4)c3Cl)c2n1. The van der Waals surface area contributed by atoms with Gasteiger partial charge in [-0.3, -0.25) is 24.1 Å². The fraction of sp³-hybridized carbons (Fsp3) is 0.333. The van der Waals surface area contributed by atoms with E-state index >= 15 is 0 Å². The number of aryl methyl sites for hydroxylation is 2. The smallest absolute Gasteiger partial charge is 0.261 e. The molecule has 1 aromatic heterocycles. The number of amidine groups is 1. The molecule has 58 heavy (non-hydrogen) atoms. The van der Waals surface area contributed by atoms with Crippen molar-refractivity contribution >= 4 is 82.0 Å². The third-order valence-electron chi connectivity index (χ3n) is 8.15. The van der Waals surface area contributed by atoms with E-state index in [1.165, 1.54) is 16.4 Å². The van der Waals surface area contributed by atoms with Crippen LogP contribution in [-0.4, -0.2) is 99.5 Å². The highest BCUT2D eigenvalue weighted by molar-refractivity contribution is 7.89. The minimum Gasteiger partial charge on any atom is -0.487 e. The topological polar surface area (TPSA) is 276 Å². The van der Waals surface area contributed by atoms with Gasteiger partial charge in [-0.15, -0.1) is 0 Å². The second-order valence-electron chi connectivity index (χ2n) is 13.0. The van der Waals surface area contributed by atoms with E-state index in [9.17, 15) is 34.8 Å². The highest BCUT2D eigenvalue weighted by Gasteiger charge is 2.40. The predicted octanol–water partition coefficient (Wildman–Crippen LogP) is 4.12. The Labute approximate surface area is 347 Å².